The summed E-state index contributed by atoms with van der Waals surface area (Å²) in [7, 11) is 2.10. The minimum atomic E-state index is -0.00589. The topological polar surface area (TPSA) is 57.8 Å². The number of aliphatic hydroxyl groups is 1. The third-order valence-electron chi connectivity index (χ3n) is 4.47. The van der Waals surface area contributed by atoms with E-state index in [1.54, 1.807) is 16.7 Å². The van der Waals surface area contributed by atoms with Crippen LogP contribution in [0.25, 0.3) is 4.96 Å². The molecule has 0 spiro atoms. The molecule has 1 saturated carbocycles. The lowest BCUT2D eigenvalue weighted by atomic mass is 9.86. The molecule has 0 aliphatic heterocycles. The van der Waals surface area contributed by atoms with Gasteiger partial charge in [0, 0.05) is 36.8 Å². The van der Waals surface area contributed by atoms with Crippen LogP contribution in [-0.2, 0) is 6.54 Å². The number of hydrogen-bond donors (Lipinski definition) is 1. The van der Waals surface area contributed by atoms with E-state index in [0.29, 0.717) is 25.1 Å². The van der Waals surface area contributed by atoms with Crippen molar-refractivity contribution in [3.8, 4) is 0 Å². The fourth-order valence-electron chi connectivity index (χ4n) is 3.12. The lowest BCUT2D eigenvalue weighted by molar-refractivity contribution is 0.123. The van der Waals surface area contributed by atoms with E-state index in [1.807, 2.05) is 5.38 Å². The van der Waals surface area contributed by atoms with Gasteiger partial charge < -0.3 is 5.11 Å². The van der Waals surface area contributed by atoms with Gasteiger partial charge in [0.2, 0.25) is 0 Å². The van der Waals surface area contributed by atoms with E-state index in [1.165, 1.54) is 11.3 Å². The van der Waals surface area contributed by atoms with Gasteiger partial charge in [-0.2, -0.15) is 0 Å². The molecule has 2 heterocycles. The molecule has 0 aromatic carbocycles. The van der Waals surface area contributed by atoms with Crippen LogP contribution in [0.3, 0.4) is 0 Å². The molecular formula is C15H21N3O2S. The molecule has 0 bridgehead atoms. The predicted octanol–water partition coefficient (Wildman–Crippen LogP) is 1.74. The van der Waals surface area contributed by atoms with Crippen LogP contribution in [0.2, 0.25) is 0 Å². The Labute approximate surface area is 127 Å². The summed E-state index contributed by atoms with van der Waals surface area (Å²) in [4.78, 5) is 19.6. The van der Waals surface area contributed by atoms with Crippen molar-refractivity contribution in [1.29, 1.82) is 0 Å². The highest BCUT2D eigenvalue weighted by atomic mass is 32.1. The number of hydrogen-bond acceptors (Lipinski definition) is 5. The first-order valence-electron chi connectivity index (χ1n) is 7.44. The van der Waals surface area contributed by atoms with Crippen LogP contribution in [0, 0.1) is 5.92 Å². The van der Waals surface area contributed by atoms with E-state index >= 15 is 0 Å². The molecule has 0 amide bonds. The molecule has 6 heteroatoms. The predicted molar refractivity (Wildman–Crippen MR) is 83.6 cm³/mol. The Morgan fingerprint density at radius 1 is 1.43 bits per heavy atom. The molecule has 0 radical (unpaired) electrons. The number of fused-ring (bicyclic) bond motifs is 1. The summed E-state index contributed by atoms with van der Waals surface area (Å²) in [5.74, 6) is 0.472. The van der Waals surface area contributed by atoms with Crippen molar-refractivity contribution in [2.45, 2.75) is 38.3 Å². The zero-order valence-electron chi connectivity index (χ0n) is 12.2. The van der Waals surface area contributed by atoms with Gasteiger partial charge in [-0.25, -0.2) is 4.98 Å². The molecule has 0 unspecified atom stereocenters. The zero-order valence-corrected chi connectivity index (χ0v) is 13.1. The maximum Gasteiger partial charge on any atom is 0.258 e. The Hall–Kier alpha value is -1.24. The molecule has 1 fully saturated rings. The quantitative estimate of drug-likeness (QED) is 0.935. The molecular weight excluding hydrogens is 286 g/mol. The molecule has 0 saturated heterocycles. The summed E-state index contributed by atoms with van der Waals surface area (Å²) in [6.45, 7) is 1.02. The molecule has 114 valence electrons. The Balaban J connectivity index is 1.68. The first-order valence-corrected chi connectivity index (χ1v) is 8.32. The molecule has 1 aliphatic rings. The van der Waals surface area contributed by atoms with Crippen molar-refractivity contribution in [2.75, 3.05) is 13.7 Å². The Bertz CT molecular complexity index is 658. The van der Waals surface area contributed by atoms with E-state index in [4.69, 9.17) is 0 Å². The molecule has 2 aromatic rings. The minimum absolute atomic E-state index is 0.00589. The summed E-state index contributed by atoms with van der Waals surface area (Å²) in [6.07, 6.45) is 6.17. The van der Waals surface area contributed by atoms with Crippen molar-refractivity contribution < 1.29 is 5.11 Å². The van der Waals surface area contributed by atoms with Gasteiger partial charge in [0.25, 0.3) is 5.56 Å². The minimum Gasteiger partial charge on any atom is -0.396 e. The van der Waals surface area contributed by atoms with Crippen molar-refractivity contribution >= 4 is 16.3 Å². The number of aliphatic hydroxyl groups excluding tert-OH is 1. The second kappa shape index (κ2) is 6.25. The smallest absolute Gasteiger partial charge is 0.258 e. The van der Waals surface area contributed by atoms with Gasteiger partial charge in [-0.1, -0.05) is 0 Å². The molecule has 21 heavy (non-hydrogen) atoms. The van der Waals surface area contributed by atoms with Gasteiger partial charge in [-0.3, -0.25) is 14.1 Å². The van der Waals surface area contributed by atoms with E-state index in [9.17, 15) is 9.90 Å². The van der Waals surface area contributed by atoms with Crippen LogP contribution in [0.1, 0.15) is 31.4 Å². The Kier molecular flexibility index (Phi) is 4.37. The summed E-state index contributed by atoms with van der Waals surface area (Å²) in [6, 6.07) is 2.16. The van der Waals surface area contributed by atoms with Gasteiger partial charge in [-0.15, -0.1) is 11.3 Å². The lowest BCUT2D eigenvalue weighted by Crippen LogP contribution is -2.35. The van der Waals surface area contributed by atoms with Gasteiger partial charge >= 0.3 is 0 Å². The third-order valence-corrected chi connectivity index (χ3v) is 5.22. The standard InChI is InChI=1S/C15H21N3O2S/c1-17(13-4-2-11(10-19)3-5-13)9-12-8-14(20)18-6-7-21-15(18)16-12/h6-8,11,13,19H,2-5,9-10H2,1H3. The SMILES string of the molecule is CN(Cc1cc(=O)n2ccsc2n1)C1CCC(CO)CC1. The second-order valence-corrected chi connectivity index (χ2v) is 6.79. The Morgan fingerprint density at radius 2 is 2.19 bits per heavy atom. The van der Waals surface area contributed by atoms with E-state index in [-0.39, 0.29) is 5.56 Å². The van der Waals surface area contributed by atoms with Crippen LogP contribution < -0.4 is 5.56 Å². The lowest BCUT2D eigenvalue weighted by Gasteiger charge is -2.33. The van der Waals surface area contributed by atoms with Crippen LogP contribution in [0.15, 0.2) is 22.4 Å². The third kappa shape index (κ3) is 3.17. The molecule has 0 atom stereocenters. The Morgan fingerprint density at radius 3 is 2.90 bits per heavy atom. The first kappa shape index (κ1) is 14.7. The van der Waals surface area contributed by atoms with Crippen LogP contribution in [0.4, 0.5) is 0 Å². The molecule has 1 aliphatic carbocycles. The molecule has 3 rings (SSSR count). The van der Waals surface area contributed by atoms with Gasteiger partial charge in [0.05, 0.1) is 5.69 Å². The van der Waals surface area contributed by atoms with Gasteiger partial charge in [0.15, 0.2) is 4.96 Å². The first-order chi connectivity index (χ1) is 10.2. The average molecular weight is 307 g/mol. The van der Waals surface area contributed by atoms with Crippen LogP contribution in [0.5, 0.6) is 0 Å². The van der Waals surface area contributed by atoms with Crippen molar-refractivity contribution in [1.82, 2.24) is 14.3 Å². The maximum atomic E-state index is 12.0. The highest BCUT2D eigenvalue weighted by Gasteiger charge is 2.23. The molecule has 5 nitrogen and oxygen atoms in total. The van der Waals surface area contributed by atoms with Gasteiger partial charge in [-0.05, 0) is 38.6 Å². The van der Waals surface area contributed by atoms with E-state index in [0.717, 1.165) is 36.3 Å². The fourth-order valence-corrected chi connectivity index (χ4v) is 3.86. The van der Waals surface area contributed by atoms with Crippen LogP contribution >= 0.6 is 11.3 Å². The largest absolute Gasteiger partial charge is 0.396 e. The summed E-state index contributed by atoms with van der Waals surface area (Å²) in [5, 5.41) is 11.1. The normalized spacial score (nSPS) is 23.0. The highest BCUT2D eigenvalue weighted by Crippen LogP contribution is 2.27. The van der Waals surface area contributed by atoms with Crippen LogP contribution in [-0.4, -0.2) is 39.1 Å². The monoisotopic (exact) mass is 307 g/mol. The van der Waals surface area contributed by atoms with Crippen molar-refractivity contribution in [3.63, 3.8) is 0 Å². The second-order valence-electron chi connectivity index (χ2n) is 5.91. The summed E-state index contributed by atoms with van der Waals surface area (Å²) < 4.78 is 1.58. The summed E-state index contributed by atoms with van der Waals surface area (Å²) in [5.41, 5.74) is 0.836. The van der Waals surface area contributed by atoms with Gasteiger partial charge in [0.1, 0.15) is 0 Å². The van der Waals surface area contributed by atoms with E-state index < -0.39 is 0 Å². The highest BCUT2D eigenvalue weighted by molar-refractivity contribution is 7.15. The van der Waals surface area contributed by atoms with Crippen molar-refractivity contribution in [3.05, 3.63) is 33.7 Å². The number of nitrogens with zero attached hydrogens (tertiary/aromatic N) is 3. The number of aromatic nitrogens is 2. The maximum absolute atomic E-state index is 12.0. The zero-order chi connectivity index (χ0) is 14.8. The molecule has 2 aromatic heterocycles. The fraction of sp³-hybridized carbons (Fsp3) is 0.600. The summed E-state index contributed by atoms with van der Waals surface area (Å²) >= 11 is 1.49. The average Bonchev–Trinajstić information content (AvgIpc) is 2.96. The number of rotatable bonds is 4. The van der Waals surface area contributed by atoms with Crippen molar-refractivity contribution in [2.24, 2.45) is 5.92 Å². The number of thiazole rings is 1. The van der Waals surface area contributed by atoms with E-state index in [2.05, 4.69) is 16.9 Å². The molecule has 1 N–H and O–H groups in total.